The molecule has 9 heteroatoms. The molecule has 1 aliphatic heterocycles. The molecule has 1 heterocycles. The molecular formula is C29H47ClFN3O4. The number of hydrogen-bond acceptors (Lipinski definition) is 5. The Bertz CT molecular complexity index is 872. The summed E-state index contributed by atoms with van der Waals surface area (Å²) in [6.45, 7) is 1.81. The van der Waals surface area contributed by atoms with Gasteiger partial charge in [-0.1, -0.05) is 55.8 Å². The number of halogens is 2. The van der Waals surface area contributed by atoms with Gasteiger partial charge < -0.3 is 30.5 Å². The molecule has 1 saturated carbocycles. The number of carbonyl (C=O) groups is 1. The number of nitrogens with one attached hydrogen (secondary N) is 2. The Hall–Kier alpha value is -1.45. The van der Waals surface area contributed by atoms with Crippen molar-refractivity contribution in [1.82, 2.24) is 15.5 Å². The lowest BCUT2D eigenvalue weighted by molar-refractivity contribution is -0.0589. The van der Waals surface area contributed by atoms with Gasteiger partial charge in [-0.05, 0) is 57.6 Å². The number of methoxy groups -OCH3 is 1. The number of likely N-dealkylation sites (tertiary alicyclic amines) is 1. The highest BCUT2D eigenvalue weighted by Gasteiger charge is 2.43. The third-order valence-corrected chi connectivity index (χ3v) is 8.75. The third kappa shape index (κ3) is 8.28. The summed E-state index contributed by atoms with van der Waals surface area (Å²) < 4.78 is 20.4. The van der Waals surface area contributed by atoms with E-state index in [1.54, 1.807) is 31.2 Å². The van der Waals surface area contributed by atoms with E-state index in [1.807, 2.05) is 0 Å². The molecule has 4 N–H and O–H groups in total. The van der Waals surface area contributed by atoms with Crippen LogP contribution in [0.2, 0.25) is 5.02 Å². The number of nitrogens with zero attached hydrogens (tertiary/aromatic N) is 1. The van der Waals surface area contributed by atoms with Crippen LogP contribution in [-0.2, 0) is 10.3 Å². The number of amides is 2. The van der Waals surface area contributed by atoms with E-state index in [0.29, 0.717) is 57.8 Å². The van der Waals surface area contributed by atoms with Crippen molar-refractivity contribution >= 4 is 17.6 Å². The maximum Gasteiger partial charge on any atom is 0.317 e. The average Bonchev–Trinajstić information content (AvgIpc) is 2.93. The highest BCUT2D eigenvalue weighted by atomic mass is 35.5. The molecule has 1 aliphatic carbocycles. The molecule has 4 unspecified atom stereocenters. The van der Waals surface area contributed by atoms with Gasteiger partial charge in [-0.15, -0.1) is 0 Å². The molecule has 3 rings (SSSR count). The SMILES string of the molecule is CNCC(O)C(CC1CCCCC1)NC(=O)N1CCCC(C(O)(CCCCOC)c2cccc(Cl)c2F)C1. The third-order valence-electron chi connectivity index (χ3n) is 8.46. The van der Waals surface area contributed by atoms with Crippen LogP contribution >= 0.6 is 11.6 Å². The summed E-state index contributed by atoms with van der Waals surface area (Å²) in [5.41, 5.74) is -1.27. The van der Waals surface area contributed by atoms with E-state index in [1.165, 1.54) is 25.3 Å². The summed E-state index contributed by atoms with van der Waals surface area (Å²) in [5, 5.41) is 28.9. The lowest BCUT2D eigenvalue weighted by atomic mass is 9.74. The first kappa shape index (κ1) is 31.1. The van der Waals surface area contributed by atoms with Crippen LogP contribution in [0.25, 0.3) is 0 Å². The molecule has 1 aromatic carbocycles. The number of hydrogen-bond donors (Lipinski definition) is 4. The van der Waals surface area contributed by atoms with Gasteiger partial charge in [-0.2, -0.15) is 0 Å². The van der Waals surface area contributed by atoms with Crippen LogP contribution in [0.5, 0.6) is 0 Å². The van der Waals surface area contributed by atoms with E-state index >= 15 is 4.39 Å². The second-order valence-corrected chi connectivity index (χ2v) is 11.6. The fraction of sp³-hybridized carbons (Fsp3) is 0.759. The number of rotatable bonds is 13. The van der Waals surface area contributed by atoms with Crippen molar-refractivity contribution in [2.75, 3.05) is 40.4 Å². The van der Waals surface area contributed by atoms with Gasteiger partial charge in [0.2, 0.25) is 0 Å². The second kappa shape index (κ2) is 15.4. The molecule has 7 nitrogen and oxygen atoms in total. The zero-order valence-electron chi connectivity index (χ0n) is 23.1. The normalized spacial score (nSPS) is 22.1. The molecule has 216 valence electrons. The maximum absolute atomic E-state index is 15.2. The molecule has 2 fully saturated rings. The lowest BCUT2D eigenvalue weighted by Crippen LogP contribution is -2.55. The van der Waals surface area contributed by atoms with Gasteiger partial charge in [-0.3, -0.25) is 0 Å². The van der Waals surface area contributed by atoms with Gasteiger partial charge in [0.1, 0.15) is 5.82 Å². The van der Waals surface area contributed by atoms with Crippen LogP contribution in [0.1, 0.15) is 76.2 Å². The number of aliphatic hydroxyl groups is 2. The molecule has 2 aliphatic rings. The fourth-order valence-electron chi connectivity index (χ4n) is 6.28. The standard InChI is InChI=1S/C29H47ClFN3O4/c1-32-19-26(35)25(18-21-10-4-3-5-11-21)33-28(36)34-16-9-12-22(20-34)29(37,15-6-7-17-38-2)23-13-8-14-24(30)27(23)31/h8,13-14,21-22,25-26,32,35,37H,3-7,9-12,15-20H2,1-2H3,(H,33,36). The highest BCUT2D eigenvalue weighted by molar-refractivity contribution is 6.30. The summed E-state index contributed by atoms with van der Waals surface area (Å²) in [7, 11) is 3.43. The predicted molar refractivity (Wildman–Crippen MR) is 149 cm³/mol. The number of unbranched alkanes of at least 4 members (excludes halogenated alkanes) is 1. The first-order chi connectivity index (χ1) is 18.3. The molecule has 0 aromatic heterocycles. The quantitative estimate of drug-likeness (QED) is 0.262. The average molecular weight is 556 g/mol. The summed E-state index contributed by atoms with van der Waals surface area (Å²) in [6.07, 6.45) is 9.09. The van der Waals surface area contributed by atoms with Crippen LogP contribution in [0, 0.1) is 17.7 Å². The Kier molecular flexibility index (Phi) is 12.6. The molecule has 1 aromatic rings. The largest absolute Gasteiger partial charge is 0.390 e. The van der Waals surface area contributed by atoms with Gasteiger partial charge >= 0.3 is 6.03 Å². The van der Waals surface area contributed by atoms with Crippen molar-refractivity contribution in [2.45, 2.75) is 88.4 Å². The minimum absolute atomic E-state index is 0.0210. The van der Waals surface area contributed by atoms with Crippen molar-refractivity contribution in [3.05, 3.63) is 34.6 Å². The van der Waals surface area contributed by atoms with Crippen molar-refractivity contribution in [3.63, 3.8) is 0 Å². The van der Waals surface area contributed by atoms with Crippen molar-refractivity contribution in [1.29, 1.82) is 0 Å². The number of benzene rings is 1. The topological polar surface area (TPSA) is 94.1 Å². The number of likely N-dealkylation sites (N-methyl/N-ethyl adjacent to an activating group) is 1. The summed E-state index contributed by atoms with van der Waals surface area (Å²) in [6, 6.07) is 4.16. The molecule has 0 spiro atoms. The Morgan fingerprint density at radius 1 is 1.24 bits per heavy atom. The van der Waals surface area contributed by atoms with E-state index in [4.69, 9.17) is 16.3 Å². The monoisotopic (exact) mass is 555 g/mol. The fourth-order valence-corrected chi connectivity index (χ4v) is 6.46. The van der Waals surface area contributed by atoms with Crippen molar-refractivity contribution in [2.24, 2.45) is 11.8 Å². The van der Waals surface area contributed by atoms with Crippen LogP contribution in [0.3, 0.4) is 0 Å². The number of urea groups is 1. The summed E-state index contributed by atoms with van der Waals surface area (Å²) in [4.78, 5) is 15.2. The molecule has 2 amide bonds. The van der Waals surface area contributed by atoms with Gasteiger partial charge in [0.05, 0.1) is 22.8 Å². The number of piperidine rings is 1. The minimum Gasteiger partial charge on any atom is -0.390 e. The first-order valence-electron chi connectivity index (χ1n) is 14.3. The number of carbonyl (C=O) groups excluding carboxylic acids is 1. The molecular weight excluding hydrogens is 509 g/mol. The Morgan fingerprint density at radius 3 is 2.71 bits per heavy atom. The number of aliphatic hydroxyl groups excluding tert-OH is 1. The van der Waals surface area contributed by atoms with Gasteiger partial charge in [0.25, 0.3) is 0 Å². The van der Waals surface area contributed by atoms with Gasteiger partial charge in [0, 0.05) is 44.8 Å². The van der Waals surface area contributed by atoms with E-state index in [2.05, 4.69) is 10.6 Å². The van der Waals surface area contributed by atoms with E-state index < -0.39 is 17.5 Å². The molecule has 1 saturated heterocycles. The minimum atomic E-state index is -1.46. The smallest absolute Gasteiger partial charge is 0.317 e. The second-order valence-electron chi connectivity index (χ2n) is 11.2. The summed E-state index contributed by atoms with van der Waals surface area (Å²) >= 11 is 6.10. The molecule has 4 atom stereocenters. The van der Waals surface area contributed by atoms with Crippen molar-refractivity contribution in [3.8, 4) is 0 Å². The van der Waals surface area contributed by atoms with Crippen LogP contribution in [-0.4, -0.2) is 73.7 Å². The van der Waals surface area contributed by atoms with Gasteiger partial charge in [0.15, 0.2) is 0 Å². The van der Waals surface area contributed by atoms with Crippen molar-refractivity contribution < 1.29 is 24.1 Å². The van der Waals surface area contributed by atoms with Crippen LogP contribution in [0.4, 0.5) is 9.18 Å². The molecule has 0 radical (unpaired) electrons. The molecule has 0 bridgehead atoms. The Morgan fingerprint density at radius 2 is 2.00 bits per heavy atom. The first-order valence-corrected chi connectivity index (χ1v) is 14.7. The zero-order valence-corrected chi connectivity index (χ0v) is 23.8. The maximum atomic E-state index is 15.2. The Balaban J connectivity index is 1.75. The Labute approximate surface area is 232 Å². The van der Waals surface area contributed by atoms with E-state index in [-0.39, 0.29) is 28.6 Å². The predicted octanol–water partition coefficient (Wildman–Crippen LogP) is 4.82. The van der Waals surface area contributed by atoms with E-state index in [0.717, 1.165) is 25.7 Å². The highest BCUT2D eigenvalue weighted by Crippen LogP contribution is 2.42. The van der Waals surface area contributed by atoms with Gasteiger partial charge in [-0.25, -0.2) is 9.18 Å². The lowest BCUT2D eigenvalue weighted by Gasteiger charge is -2.43. The zero-order chi connectivity index (χ0) is 27.5. The summed E-state index contributed by atoms with van der Waals surface area (Å²) in [5.74, 6) is -0.457. The van der Waals surface area contributed by atoms with Crippen LogP contribution < -0.4 is 10.6 Å². The molecule has 38 heavy (non-hydrogen) atoms. The number of ether oxygens (including phenoxy) is 1. The van der Waals surface area contributed by atoms with Crippen LogP contribution in [0.15, 0.2) is 18.2 Å². The van der Waals surface area contributed by atoms with E-state index in [9.17, 15) is 15.0 Å².